The quantitative estimate of drug-likeness (QED) is 0.552. The van der Waals surface area contributed by atoms with Crippen LogP contribution in [0, 0.1) is 0 Å². The first-order valence-electron chi connectivity index (χ1n) is 9.97. The van der Waals surface area contributed by atoms with E-state index in [2.05, 4.69) is 41.4 Å². The number of amides is 1. The van der Waals surface area contributed by atoms with Gasteiger partial charge in [-0.1, -0.05) is 28.4 Å². The van der Waals surface area contributed by atoms with E-state index in [0.29, 0.717) is 12.2 Å². The lowest BCUT2D eigenvalue weighted by Gasteiger charge is -2.25. The van der Waals surface area contributed by atoms with Crippen LogP contribution in [0.15, 0.2) is 53.3 Å². The van der Waals surface area contributed by atoms with Gasteiger partial charge in [0.15, 0.2) is 0 Å². The van der Waals surface area contributed by atoms with Crippen LogP contribution in [0.3, 0.4) is 0 Å². The number of hydrogen-bond donors (Lipinski definition) is 2. The number of benzene rings is 2. The highest BCUT2D eigenvalue weighted by molar-refractivity contribution is 9.10. The van der Waals surface area contributed by atoms with Crippen LogP contribution in [0.4, 0.5) is 17.2 Å². The van der Waals surface area contributed by atoms with Crippen molar-refractivity contribution in [1.82, 2.24) is 14.9 Å². The van der Waals surface area contributed by atoms with Gasteiger partial charge in [-0.15, -0.1) is 0 Å². The van der Waals surface area contributed by atoms with Gasteiger partial charge in [0, 0.05) is 34.2 Å². The average molecular weight is 454 g/mol. The fraction of sp³-hybridized carbons (Fsp3) is 0.318. The van der Waals surface area contributed by atoms with Crippen molar-refractivity contribution in [3.63, 3.8) is 0 Å². The van der Waals surface area contributed by atoms with Crippen LogP contribution >= 0.6 is 15.9 Å². The van der Waals surface area contributed by atoms with Gasteiger partial charge < -0.3 is 15.5 Å². The molecule has 1 fully saturated rings. The smallest absolute Gasteiger partial charge is 0.225 e. The number of halogens is 1. The Hall–Kier alpha value is -2.51. The molecule has 0 bridgehead atoms. The first-order valence-corrected chi connectivity index (χ1v) is 10.8. The van der Waals surface area contributed by atoms with Crippen molar-refractivity contribution in [3.05, 3.63) is 53.3 Å². The largest absolute Gasteiger partial charge is 0.340 e. The number of anilines is 3. The maximum atomic E-state index is 12.4. The second kappa shape index (κ2) is 9.33. The molecule has 0 spiro atoms. The Labute approximate surface area is 178 Å². The number of nitrogens with zero attached hydrogens (tertiary/aromatic N) is 3. The van der Waals surface area contributed by atoms with Crippen molar-refractivity contribution in [2.75, 3.05) is 30.3 Å². The van der Waals surface area contributed by atoms with Crippen LogP contribution in [0.5, 0.6) is 0 Å². The van der Waals surface area contributed by atoms with Gasteiger partial charge in [-0.3, -0.25) is 4.79 Å². The maximum absolute atomic E-state index is 12.4. The zero-order chi connectivity index (χ0) is 20.1. The summed E-state index contributed by atoms with van der Waals surface area (Å²) in [5, 5.41) is 7.22. The topological polar surface area (TPSA) is 70.2 Å². The molecule has 2 aromatic carbocycles. The van der Waals surface area contributed by atoms with E-state index in [-0.39, 0.29) is 5.91 Å². The number of nitrogens with one attached hydrogen (secondary N) is 2. The molecule has 4 rings (SSSR count). The number of fused-ring (bicyclic) bond motifs is 1. The van der Waals surface area contributed by atoms with E-state index < -0.39 is 0 Å². The van der Waals surface area contributed by atoms with Gasteiger partial charge in [0.1, 0.15) is 12.1 Å². The van der Waals surface area contributed by atoms with Gasteiger partial charge in [-0.2, -0.15) is 0 Å². The summed E-state index contributed by atoms with van der Waals surface area (Å²) < 4.78 is 0.988. The molecule has 7 heteroatoms. The Morgan fingerprint density at radius 1 is 1.03 bits per heavy atom. The lowest BCUT2D eigenvalue weighted by atomic mass is 10.1. The van der Waals surface area contributed by atoms with Crippen molar-refractivity contribution in [2.45, 2.75) is 25.7 Å². The van der Waals surface area contributed by atoms with Crippen LogP contribution in [0.2, 0.25) is 0 Å². The number of carbonyl (C=O) groups is 1. The molecule has 2 heterocycles. The molecule has 29 heavy (non-hydrogen) atoms. The normalized spacial score (nSPS) is 14.7. The molecule has 2 N–H and O–H groups in total. The molecule has 1 aliphatic rings. The van der Waals surface area contributed by atoms with Crippen molar-refractivity contribution in [2.24, 2.45) is 0 Å². The van der Waals surface area contributed by atoms with Gasteiger partial charge in [-0.05, 0) is 62.3 Å². The summed E-state index contributed by atoms with van der Waals surface area (Å²) in [5.74, 6) is 0.741. The average Bonchev–Trinajstić information content (AvgIpc) is 2.73. The molecule has 6 nitrogen and oxygen atoms in total. The molecule has 0 radical (unpaired) electrons. The van der Waals surface area contributed by atoms with Crippen molar-refractivity contribution in [3.8, 4) is 0 Å². The van der Waals surface area contributed by atoms with Gasteiger partial charge >= 0.3 is 0 Å². The highest BCUT2D eigenvalue weighted by Gasteiger charge is 2.12. The van der Waals surface area contributed by atoms with E-state index >= 15 is 0 Å². The van der Waals surface area contributed by atoms with E-state index in [4.69, 9.17) is 0 Å². The maximum Gasteiger partial charge on any atom is 0.225 e. The fourth-order valence-electron chi connectivity index (χ4n) is 3.60. The van der Waals surface area contributed by atoms with Crippen LogP contribution in [0.1, 0.15) is 25.7 Å². The standard InChI is InChI=1S/C22H24BrN5O/c23-16-5-4-6-17(13-16)27-22-19-14-18(7-8-20(19)24-15-25-22)26-21(29)9-12-28-10-2-1-3-11-28/h4-8,13-15H,1-3,9-12H2,(H,26,29)(H,24,25,27). The number of aromatic nitrogens is 2. The predicted molar refractivity (Wildman–Crippen MR) is 121 cm³/mol. The third kappa shape index (κ3) is 5.31. The number of hydrogen-bond acceptors (Lipinski definition) is 5. The molecule has 0 aliphatic carbocycles. The second-order valence-corrected chi connectivity index (χ2v) is 8.21. The fourth-order valence-corrected chi connectivity index (χ4v) is 4.00. The summed E-state index contributed by atoms with van der Waals surface area (Å²) >= 11 is 3.48. The van der Waals surface area contributed by atoms with Gasteiger partial charge in [0.2, 0.25) is 5.91 Å². The Balaban J connectivity index is 1.46. The molecule has 1 amide bonds. The first kappa shape index (κ1) is 19.8. The van der Waals surface area contributed by atoms with Crippen LogP contribution in [0.25, 0.3) is 10.9 Å². The summed E-state index contributed by atoms with van der Waals surface area (Å²) in [6.07, 6.45) is 5.82. The Morgan fingerprint density at radius 3 is 2.72 bits per heavy atom. The summed E-state index contributed by atoms with van der Waals surface area (Å²) in [7, 11) is 0. The van der Waals surface area contributed by atoms with Gasteiger partial charge in [0.05, 0.1) is 5.52 Å². The molecule has 3 aromatic rings. The number of likely N-dealkylation sites (tertiary alicyclic amines) is 1. The lowest BCUT2D eigenvalue weighted by Crippen LogP contribution is -2.32. The van der Waals surface area contributed by atoms with Crippen molar-refractivity contribution < 1.29 is 4.79 Å². The van der Waals surface area contributed by atoms with E-state index in [9.17, 15) is 4.79 Å². The first-order chi connectivity index (χ1) is 14.2. The highest BCUT2D eigenvalue weighted by atomic mass is 79.9. The van der Waals surface area contributed by atoms with E-state index in [1.54, 1.807) is 6.33 Å². The minimum Gasteiger partial charge on any atom is -0.340 e. The van der Waals surface area contributed by atoms with Gasteiger partial charge in [-0.25, -0.2) is 9.97 Å². The molecule has 1 aromatic heterocycles. The Morgan fingerprint density at radius 2 is 1.90 bits per heavy atom. The molecule has 0 unspecified atom stereocenters. The van der Waals surface area contributed by atoms with Crippen LogP contribution < -0.4 is 10.6 Å². The molecule has 1 aliphatic heterocycles. The third-order valence-corrected chi connectivity index (χ3v) is 5.60. The lowest BCUT2D eigenvalue weighted by molar-refractivity contribution is -0.116. The minimum atomic E-state index is 0.0354. The van der Waals surface area contributed by atoms with Crippen molar-refractivity contribution in [1.29, 1.82) is 0 Å². The molecular weight excluding hydrogens is 430 g/mol. The molecule has 0 saturated carbocycles. The third-order valence-electron chi connectivity index (χ3n) is 5.11. The minimum absolute atomic E-state index is 0.0354. The molecule has 0 atom stereocenters. The van der Waals surface area contributed by atoms with E-state index in [0.717, 1.165) is 46.4 Å². The Bertz CT molecular complexity index is 1000. The number of rotatable bonds is 6. The number of carbonyl (C=O) groups excluding carboxylic acids is 1. The van der Waals surface area contributed by atoms with Crippen LogP contribution in [-0.4, -0.2) is 40.4 Å². The van der Waals surface area contributed by atoms with E-state index in [1.165, 1.54) is 19.3 Å². The van der Waals surface area contributed by atoms with Crippen molar-refractivity contribution >= 4 is 49.9 Å². The predicted octanol–water partition coefficient (Wildman–Crippen LogP) is 4.95. The summed E-state index contributed by atoms with van der Waals surface area (Å²) in [5.41, 5.74) is 2.51. The van der Waals surface area contributed by atoms with Crippen LogP contribution in [-0.2, 0) is 4.79 Å². The zero-order valence-electron chi connectivity index (χ0n) is 16.2. The highest BCUT2D eigenvalue weighted by Crippen LogP contribution is 2.27. The van der Waals surface area contributed by atoms with E-state index in [1.807, 2.05) is 42.5 Å². The monoisotopic (exact) mass is 453 g/mol. The molecular formula is C22H24BrN5O. The molecule has 150 valence electrons. The number of piperidine rings is 1. The SMILES string of the molecule is O=C(CCN1CCCCC1)Nc1ccc2ncnc(Nc3cccc(Br)c3)c2c1. The summed E-state index contributed by atoms with van der Waals surface area (Å²) in [6.45, 7) is 3.02. The second-order valence-electron chi connectivity index (χ2n) is 7.29. The Kier molecular flexibility index (Phi) is 6.36. The zero-order valence-corrected chi connectivity index (χ0v) is 17.8. The molecule has 1 saturated heterocycles. The summed E-state index contributed by atoms with van der Waals surface area (Å²) in [4.78, 5) is 23.5. The summed E-state index contributed by atoms with van der Waals surface area (Å²) in [6, 6.07) is 13.6. The van der Waals surface area contributed by atoms with Gasteiger partial charge in [0.25, 0.3) is 0 Å².